The Morgan fingerprint density at radius 3 is 2.48 bits per heavy atom. The van der Waals surface area contributed by atoms with Crippen molar-refractivity contribution in [3.63, 3.8) is 0 Å². The predicted molar refractivity (Wildman–Crippen MR) is 92.4 cm³/mol. The first-order valence-corrected chi connectivity index (χ1v) is 8.03. The zero-order valence-electron chi connectivity index (χ0n) is 12.2. The first-order chi connectivity index (χ1) is 10.1. The lowest BCUT2D eigenvalue weighted by Crippen LogP contribution is -2.30. The topological polar surface area (TPSA) is 21.3 Å². The van der Waals surface area contributed by atoms with Gasteiger partial charge in [0.2, 0.25) is 0 Å². The third kappa shape index (κ3) is 4.73. The van der Waals surface area contributed by atoms with Crippen molar-refractivity contribution in [2.75, 3.05) is 14.2 Å². The van der Waals surface area contributed by atoms with Crippen LogP contribution in [0.15, 0.2) is 46.9 Å². The van der Waals surface area contributed by atoms with Gasteiger partial charge in [0.25, 0.3) is 0 Å². The summed E-state index contributed by atoms with van der Waals surface area (Å²) >= 11 is 9.45. The zero-order valence-corrected chi connectivity index (χ0v) is 14.5. The average molecular weight is 369 g/mol. The summed E-state index contributed by atoms with van der Waals surface area (Å²) in [6, 6.07) is 14.5. The van der Waals surface area contributed by atoms with Gasteiger partial charge in [-0.1, -0.05) is 39.7 Å². The Morgan fingerprint density at radius 1 is 1.14 bits per heavy atom. The van der Waals surface area contributed by atoms with E-state index < -0.39 is 0 Å². The molecule has 0 aromatic heterocycles. The Kier molecular flexibility index (Phi) is 6.09. The summed E-state index contributed by atoms with van der Waals surface area (Å²) in [7, 11) is 3.70. The number of hydrogen-bond acceptors (Lipinski definition) is 2. The Balaban J connectivity index is 2.11. The van der Waals surface area contributed by atoms with E-state index in [2.05, 4.69) is 39.4 Å². The van der Waals surface area contributed by atoms with Crippen LogP contribution in [0.25, 0.3) is 0 Å². The van der Waals surface area contributed by atoms with Crippen molar-refractivity contribution in [2.45, 2.75) is 18.9 Å². The van der Waals surface area contributed by atoms with Crippen LogP contribution < -0.4 is 10.1 Å². The van der Waals surface area contributed by atoms with E-state index in [1.54, 1.807) is 7.11 Å². The van der Waals surface area contributed by atoms with Crippen LogP contribution in [0, 0.1) is 0 Å². The molecule has 2 aromatic carbocycles. The van der Waals surface area contributed by atoms with Gasteiger partial charge < -0.3 is 10.1 Å². The van der Waals surface area contributed by atoms with Gasteiger partial charge in [0.1, 0.15) is 5.75 Å². The Bertz CT molecular complexity index is 586. The van der Waals surface area contributed by atoms with E-state index in [1.165, 1.54) is 11.1 Å². The van der Waals surface area contributed by atoms with Crippen molar-refractivity contribution < 1.29 is 4.74 Å². The molecular weight excluding hydrogens is 350 g/mol. The normalized spacial score (nSPS) is 12.2. The van der Waals surface area contributed by atoms with Crippen molar-refractivity contribution in [1.82, 2.24) is 5.32 Å². The molecule has 4 heteroatoms. The lowest BCUT2D eigenvalue weighted by atomic mass is 9.98. The van der Waals surface area contributed by atoms with E-state index in [0.29, 0.717) is 6.04 Å². The number of nitrogens with one attached hydrogen (secondary N) is 1. The molecule has 0 fully saturated rings. The molecular formula is C17H19BrClNO. The van der Waals surface area contributed by atoms with Crippen LogP contribution in [0.4, 0.5) is 0 Å². The summed E-state index contributed by atoms with van der Waals surface area (Å²) in [4.78, 5) is 0. The number of hydrogen-bond donors (Lipinski definition) is 1. The molecule has 112 valence electrons. The van der Waals surface area contributed by atoms with Crippen molar-refractivity contribution in [1.29, 1.82) is 0 Å². The van der Waals surface area contributed by atoms with Gasteiger partial charge in [0.05, 0.1) is 7.11 Å². The highest BCUT2D eigenvalue weighted by atomic mass is 79.9. The quantitative estimate of drug-likeness (QED) is 0.811. The smallest absolute Gasteiger partial charge is 0.122 e. The van der Waals surface area contributed by atoms with Crippen LogP contribution in [-0.4, -0.2) is 20.2 Å². The minimum absolute atomic E-state index is 0.342. The SMILES string of the molecule is CNC(Cc1ccc(Cl)cc1)Cc1cc(Br)ccc1OC. The van der Waals surface area contributed by atoms with Crippen LogP contribution >= 0.6 is 27.5 Å². The van der Waals surface area contributed by atoms with E-state index in [4.69, 9.17) is 16.3 Å². The highest BCUT2D eigenvalue weighted by molar-refractivity contribution is 9.10. The summed E-state index contributed by atoms with van der Waals surface area (Å²) in [5.74, 6) is 0.926. The van der Waals surface area contributed by atoms with Gasteiger partial charge in [0, 0.05) is 15.5 Å². The largest absolute Gasteiger partial charge is 0.496 e. The maximum Gasteiger partial charge on any atom is 0.122 e. The molecule has 0 saturated carbocycles. The highest BCUT2D eigenvalue weighted by Crippen LogP contribution is 2.25. The van der Waals surface area contributed by atoms with Gasteiger partial charge in [-0.2, -0.15) is 0 Å². The van der Waals surface area contributed by atoms with Crippen LogP contribution in [0.1, 0.15) is 11.1 Å². The summed E-state index contributed by atoms with van der Waals surface area (Å²) < 4.78 is 6.51. The maximum absolute atomic E-state index is 5.93. The van der Waals surface area contributed by atoms with E-state index >= 15 is 0 Å². The fraction of sp³-hybridized carbons (Fsp3) is 0.294. The maximum atomic E-state index is 5.93. The molecule has 21 heavy (non-hydrogen) atoms. The number of likely N-dealkylation sites (N-methyl/N-ethyl adjacent to an activating group) is 1. The van der Waals surface area contributed by atoms with Crippen LogP contribution in [-0.2, 0) is 12.8 Å². The second-order valence-corrected chi connectivity index (χ2v) is 6.33. The molecule has 0 radical (unpaired) electrons. The Morgan fingerprint density at radius 2 is 1.86 bits per heavy atom. The molecule has 0 saturated heterocycles. The molecule has 0 aliphatic carbocycles. The Labute approximate surface area is 139 Å². The minimum atomic E-state index is 0.342. The second kappa shape index (κ2) is 7.83. The molecule has 0 bridgehead atoms. The molecule has 0 amide bonds. The van der Waals surface area contributed by atoms with Crippen LogP contribution in [0.3, 0.4) is 0 Å². The zero-order chi connectivity index (χ0) is 15.2. The van der Waals surface area contributed by atoms with Gasteiger partial charge in [-0.25, -0.2) is 0 Å². The monoisotopic (exact) mass is 367 g/mol. The van der Waals surface area contributed by atoms with E-state index in [-0.39, 0.29) is 0 Å². The highest BCUT2D eigenvalue weighted by Gasteiger charge is 2.12. The van der Waals surface area contributed by atoms with Gasteiger partial charge in [-0.15, -0.1) is 0 Å². The average Bonchev–Trinajstić information content (AvgIpc) is 2.49. The standard InChI is InChI=1S/C17H19BrClNO/c1-20-16(9-12-3-6-15(19)7-4-12)11-13-10-14(18)5-8-17(13)21-2/h3-8,10,16,20H,9,11H2,1-2H3. The number of methoxy groups -OCH3 is 1. The molecule has 1 N–H and O–H groups in total. The lowest BCUT2D eigenvalue weighted by molar-refractivity contribution is 0.405. The molecule has 2 aromatic rings. The number of rotatable bonds is 6. The number of halogens is 2. The molecule has 2 rings (SSSR count). The summed E-state index contributed by atoms with van der Waals surface area (Å²) in [6.07, 6.45) is 1.85. The minimum Gasteiger partial charge on any atom is -0.496 e. The predicted octanol–water partition coefficient (Wildman–Crippen LogP) is 4.48. The van der Waals surface area contributed by atoms with E-state index in [0.717, 1.165) is 28.1 Å². The van der Waals surface area contributed by atoms with Crippen molar-refractivity contribution >= 4 is 27.5 Å². The van der Waals surface area contributed by atoms with Crippen molar-refractivity contribution in [3.8, 4) is 5.75 Å². The lowest BCUT2D eigenvalue weighted by Gasteiger charge is -2.18. The van der Waals surface area contributed by atoms with Crippen LogP contribution in [0.5, 0.6) is 5.75 Å². The fourth-order valence-corrected chi connectivity index (χ4v) is 2.89. The third-order valence-electron chi connectivity index (χ3n) is 3.51. The van der Waals surface area contributed by atoms with Gasteiger partial charge in [0.15, 0.2) is 0 Å². The first kappa shape index (κ1) is 16.3. The van der Waals surface area contributed by atoms with Crippen molar-refractivity contribution in [3.05, 3.63) is 63.1 Å². The number of benzene rings is 2. The molecule has 0 aliphatic rings. The van der Waals surface area contributed by atoms with Gasteiger partial charge in [-0.3, -0.25) is 0 Å². The molecule has 0 aliphatic heterocycles. The van der Waals surface area contributed by atoms with Gasteiger partial charge >= 0.3 is 0 Å². The molecule has 0 spiro atoms. The van der Waals surface area contributed by atoms with E-state index in [9.17, 15) is 0 Å². The summed E-state index contributed by atoms with van der Waals surface area (Å²) in [5.41, 5.74) is 2.47. The van der Waals surface area contributed by atoms with Gasteiger partial charge in [-0.05, 0) is 61.3 Å². The molecule has 1 atom stereocenters. The fourth-order valence-electron chi connectivity index (χ4n) is 2.35. The third-order valence-corrected chi connectivity index (χ3v) is 4.26. The molecule has 2 nitrogen and oxygen atoms in total. The summed E-state index contributed by atoms with van der Waals surface area (Å²) in [5, 5.41) is 4.15. The molecule has 1 unspecified atom stereocenters. The number of ether oxygens (including phenoxy) is 1. The van der Waals surface area contributed by atoms with Crippen LogP contribution in [0.2, 0.25) is 5.02 Å². The molecule has 0 heterocycles. The second-order valence-electron chi connectivity index (χ2n) is 4.98. The Hall–Kier alpha value is -1.03. The van der Waals surface area contributed by atoms with Crippen molar-refractivity contribution in [2.24, 2.45) is 0 Å². The van der Waals surface area contributed by atoms with E-state index in [1.807, 2.05) is 31.3 Å². The summed E-state index contributed by atoms with van der Waals surface area (Å²) in [6.45, 7) is 0. The first-order valence-electron chi connectivity index (χ1n) is 6.86.